The van der Waals surface area contributed by atoms with E-state index in [4.69, 9.17) is 10.5 Å². The third-order valence-corrected chi connectivity index (χ3v) is 2.99. The zero-order valence-corrected chi connectivity index (χ0v) is 12.7. The molecule has 22 heavy (non-hydrogen) atoms. The van der Waals surface area contributed by atoms with Crippen molar-refractivity contribution in [2.75, 3.05) is 5.73 Å². The third kappa shape index (κ3) is 3.35. The number of nitrogens with zero attached hydrogens (tertiary/aromatic N) is 2. The second-order valence-corrected chi connectivity index (χ2v) is 4.36. The summed E-state index contributed by atoms with van der Waals surface area (Å²) in [5.74, 6) is 0.508. The summed E-state index contributed by atoms with van der Waals surface area (Å²) in [6.07, 6.45) is 1.67. The molecule has 0 aliphatic carbocycles. The second kappa shape index (κ2) is 7.42. The molecule has 4 N–H and O–H groups in total. The fourth-order valence-corrected chi connectivity index (χ4v) is 2.03. The van der Waals surface area contributed by atoms with Gasteiger partial charge in [-0.2, -0.15) is 9.97 Å². The van der Waals surface area contributed by atoms with Crippen LogP contribution in [-0.2, 0) is 13.2 Å². The molecule has 3 rings (SSSR count). The van der Waals surface area contributed by atoms with Gasteiger partial charge in [-0.15, -0.1) is 0 Å². The number of fused-ring (bicyclic) bond motifs is 1. The van der Waals surface area contributed by atoms with E-state index in [1.165, 1.54) is 0 Å². The van der Waals surface area contributed by atoms with Crippen molar-refractivity contribution in [2.24, 2.45) is 0 Å². The van der Waals surface area contributed by atoms with Crippen LogP contribution in [-0.4, -0.2) is 20.1 Å². The Balaban J connectivity index is 0.000000847. The predicted molar refractivity (Wildman–Crippen MR) is 86.3 cm³/mol. The van der Waals surface area contributed by atoms with Crippen LogP contribution in [0.3, 0.4) is 0 Å². The fourth-order valence-electron chi connectivity index (χ4n) is 2.03. The van der Waals surface area contributed by atoms with Gasteiger partial charge in [0.1, 0.15) is 12.3 Å². The Labute approximate surface area is 129 Å². The molecule has 0 aliphatic rings. The first-order valence-electron chi connectivity index (χ1n) is 7.19. The van der Waals surface area contributed by atoms with Gasteiger partial charge in [0.05, 0.1) is 12.0 Å². The molecule has 0 radical (unpaired) electrons. The molecule has 0 bridgehead atoms. The molecule has 0 fully saturated rings. The van der Waals surface area contributed by atoms with Gasteiger partial charge in [0.2, 0.25) is 11.8 Å². The number of rotatable bonds is 4. The Morgan fingerprint density at radius 1 is 1.18 bits per heavy atom. The maximum absolute atomic E-state index is 9.34. The summed E-state index contributed by atoms with van der Waals surface area (Å²) in [6, 6.07) is 9.76. The normalized spacial score (nSPS) is 10.1. The van der Waals surface area contributed by atoms with Gasteiger partial charge in [0.25, 0.3) is 0 Å². The van der Waals surface area contributed by atoms with Crippen LogP contribution in [0.15, 0.2) is 36.5 Å². The summed E-state index contributed by atoms with van der Waals surface area (Å²) in [6.45, 7) is 4.26. The maximum Gasteiger partial charge on any atom is 0.228 e. The van der Waals surface area contributed by atoms with Crippen LogP contribution in [0.2, 0.25) is 0 Å². The van der Waals surface area contributed by atoms with Crippen LogP contribution in [0, 0.1) is 0 Å². The fraction of sp³-hybridized carbons (Fsp3) is 0.250. The van der Waals surface area contributed by atoms with Crippen molar-refractivity contribution < 1.29 is 9.84 Å². The summed E-state index contributed by atoms with van der Waals surface area (Å²) in [5.41, 5.74) is 7.93. The number of hydrogen-bond donors (Lipinski definition) is 3. The van der Waals surface area contributed by atoms with Crippen LogP contribution in [0.4, 0.5) is 5.95 Å². The predicted octanol–water partition coefficient (Wildman–Crippen LogP) is 2.64. The van der Waals surface area contributed by atoms with Gasteiger partial charge in [-0.1, -0.05) is 44.2 Å². The second-order valence-electron chi connectivity index (χ2n) is 4.36. The highest BCUT2D eigenvalue weighted by Gasteiger charge is 2.13. The number of nitrogens with one attached hydrogen (secondary N) is 1. The number of aliphatic hydroxyl groups is 1. The lowest BCUT2D eigenvalue weighted by Gasteiger charge is -2.08. The van der Waals surface area contributed by atoms with Gasteiger partial charge in [0.15, 0.2) is 0 Å². The standard InChI is InChI=1S/C14H14N4O2.C2H6/c15-14-17-12-11(10(7-19)6-16-12)13(18-14)20-8-9-4-2-1-3-5-9;1-2/h1-6,19H,7-8H2,(H3,15,16,17,18);1-2H3. The monoisotopic (exact) mass is 300 g/mol. The van der Waals surface area contributed by atoms with Gasteiger partial charge in [0, 0.05) is 11.8 Å². The summed E-state index contributed by atoms with van der Waals surface area (Å²) in [5, 5.41) is 10.0. The highest BCUT2D eigenvalue weighted by molar-refractivity contribution is 5.85. The molecule has 2 heterocycles. The van der Waals surface area contributed by atoms with Gasteiger partial charge in [-0.25, -0.2) is 0 Å². The van der Waals surface area contributed by atoms with Gasteiger partial charge >= 0.3 is 0 Å². The zero-order valence-electron chi connectivity index (χ0n) is 12.7. The number of aromatic nitrogens is 3. The number of aromatic amines is 1. The van der Waals surface area contributed by atoms with E-state index in [2.05, 4.69) is 15.0 Å². The number of anilines is 1. The number of nitrogen functional groups attached to an aromatic ring is 1. The summed E-state index contributed by atoms with van der Waals surface area (Å²) < 4.78 is 5.72. The summed E-state index contributed by atoms with van der Waals surface area (Å²) in [7, 11) is 0. The molecule has 0 amide bonds. The molecule has 6 heteroatoms. The van der Waals surface area contributed by atoms with E-state index in [9.17, 15) is 5.11 Å². The number of H-pyrrole nitrogens is 1. The molecule has 2 aromatic heterocycles. The minimum atomic E-state index is -0.116. The van der Waals surface area contributed by atoms with E-state index in [0.29, 0.717) is 29.1 Å². The van der Waals surface area contributed by atoms with Crippen molar-refractivity contribution in [3.05, 3.63) is 47.7 Å². The number of ether oxygens (including phenoxy) is 1. The molecule has 0 unspecified atom stereocenters. The highest BCUT2D eigenvalue weighted by atomic mass is 16.5. The molecule has 3 aromatic rings. The molecular formula is C16H20N4O2. The van der Waals surface area contributed by atoms with E-state index >= 15 is 0 Å². The van der Waals surface area contributed by atoms with Crippen molar-refractivity contribution in [1.29, 1.82) is 0 Å². The highest BCUT2D eigenvalue weighted by Crippen LogP contribution is 2.27. The minimum Gasteiger partial charge on any atom is -0.472 e. The Morgan fingerprint density at radius 2 is 1.91 bits per heavy atom. The van der Waals surface area contributed by atoms with E-state index in [1.54, 1.807) is 6.20 Å². The summed E-state index contributed by atoms with van der Waals surface area (Å²) >= 11 is 0. The van der Waals surface area contributed by atoms with E-state index in [0.717, 1.165) is 5.56 Å². The maximum atomic E-state index is 9.34. The molecule has 0 aliphatic heterocycles. The lowest BCUT2D eigenvalue weighted by atomic mass is 10.2. The Bertz CT molecular complexity index is 726. The molecule has 1 aromatic carbocycles. The van der Waals surface area contributed by atoms with E-state index in [-0.39, 0.29) is 12.6 Å². The third-order valence-electron chi connectivity index (χ3n) is 2.99. The first kappa shape index (κ1) is 15.8. The lowest BCUT2D eigenvalue weighted by Crippen LogP contribution is -2.02. The van der Waals surface area contributed by atoms with Crippen molar-refractivity contribution in [3.8, 4) is 5.88 Å². The Morgan fingerprint density at radius 3 is 2.59 bits per heavy atom. The van der Waals surface area contributed by atoms with Crippen molar-refractivity contribution in [1.82, 2.24) is 15.0 Å². The Hall–Kier alpha value is -2.60. The van der Waals surface area contributed by atoms with Crippen molar-refractivity contribution in [3.63, 3.8) is 0 Å². The summed E-state index contributed by atoms with van der Waals surface area (Å²) in [4.78, 5) is 11.1. The largest absolute Gasteiger partial charge is 0.472 e. The number of hydrogen-bond acceptors (Lipinski definition) is 5. The number of benzene rings is 1. The van der Waals surface area contributed by atoms with Crippen molar-refractivity contribution >= 4 is 17.0 Å². The van der Waals surface area contributed by atoms with E-state index < -0.39 is 0 Å². The average Bonchev–Trinajstić information content (AvgIpc) is 2.98. The van der Waals surface area contributed by atoms with Crippen LogP contribution in [0.1, 0.15) is 25.0 Å². The smallest absolute Gasteiger partial charge is 0.228 e. The van der Waals surface area contributed by atoms with Gasteiger partial charge < -0.3 is 20.6 Å². The van der Waals surface area contributed by atoms with Crippen LogP contribution in [0.25, 0.3) is 11.0 Å². The molecule has 0 spiro atoms. The van der Waals surface area contributed by atoms with Crippen LogP contribution in [0.5, 0.6) is 5.88 Å². The molecular weight excluding hydrogens is 280 g/mol. The van der Waals surface area contributed by atoms with E-state index in [1.807, 2.05) is 44.2 Å². The minimum absolute atomic E-state index is 0.116. The van der Waals surface area contributed by atoms with Crippen LogP contribution < -0.4 is 10.5 Å². The molecule has 0 atom stereocenters. The Kier molecular flexibility index (Phi) is 5.32. The molecule has 6 nitrogen and oxygen atoms in total. The van der Waals surface area contributed by atoms with Gasteiger partial charge in [-0.05, 0) is 5.56 Å². The first-order chi connectivity index (χ1) is 10.8. The average molecular weight is 300 g/mol. The number of nitrogens with two attached hydrogens (primary N) is 1. The molecule has 0 saturated carbocycles. The molecule has 116 valence electrons. The molecule has 0 saturated heterocycles. The quantitative estimate of drug-likeness (QED) is 0.688. The first-order valence-corrected chi connectivity index (χ1v) is 7.19. The topological polar surface area (TPSA) is 97.0 Å². The zero-order chi connectivity index (χ0) is 15.9. The SMILES string of the molecule is CC.Nc1nc(OCc2ccccc2)c2c(CO)c[nH]c2n1. The number of aliphatic hydroxyl groups excluding tert-OH is 1. The lowest BCUT2D eigenvalue weighted by molar-refractivity contribution is 0.280. The van der Waals surface area contributed by atoms with Crippen LogP contribution >= 0.6 is 0 Å². The van der Waals surface area contributed by atoms with Crippen molar-refractivity contribution in [2.45, 2.75) is 27.1 Å². The van der Waals surface area contributed by atoms with Gasteiger partial charge in [-0.3, -0.25) is 0 Å².